The molecule has 228 valence electrons. The second kappa shape index (κ2) is 11.9. The normalized spacial score (nSPS) is 16.3. The molecule has 5 nitrogen and oxygen atoms in total. The van der Waals surface area contributed by atoms with Crippen LogP contribution in [0, 0.1) is 0 Å². The van der Waals surface area contributed by atoms with E-state index in [1.807, 2.05) is 23.1 Å². The van der Waals surface area contributed by atoms with E-state index < -0.39 is 11.7 Å². The molecule has 2 heterocycles. The highest BCUT2D eigenvalue weighted by molar-refractivity contribution is 5.95. The third-order valence-corrected chi connectivity index (χ3v) is 9.10. The van der Waals surface area contributed by atoms with Crippen molar-refractivity contribution >= 4 is 38.6 Å². The molecule has 1 fully saturated rings. The van der Waals surface area contributed by atoms with Crippen molar-refractivity contribution in [1.29, 1.82) is 0 Å². The van der Waals surface area contributed by atoms with Gasteiger partial charge in [0.15, 0.2) is 0 Å². The molecule has 1 saturated heterocycles. The molecule has 5 aromatic rings. The molecule has 8 rings (SSSR count). The van der Waals surface area contributed by atoms with Crippen LogP contribution in [0.15, 0.2) is 108 Å². The minimum absolute atomic E-state index is 0.0874. The Hall–Kier alpha value is -4.85. The first-order valence-corrected chi connectivity index (χ1v) is 15.4. The average Bonchev–Trinajstić information content (AvgIpc) is 3.08. The van der Waals surface area contributed by atoms with Crippen LogP contribution in [-0.2, 0) is 12.6 Å². The number of H-pyrrole nitrogens is 1. The minimum Gasteiger partial charge on any atom is -0.368 e. The Morgan fingerprint density at radius 2 is 1.56 bits per heavy atom. The molecule has 1 N–H and O–H groups in total. The van der Waals surface area contributed by atoms with E-state index >= 15 is 0 Å². The summed E-state index contributed by atoms with van der Waals surface area (Å²) >= 11 is 0. The van der Waals surface area contributed by atoms with Crippen molar-refractivity contribution in [3.8, 4) is 0 Å². The number of alkyl halides is 3. The van der Waals surface area contributed by atoms with Crippen LogP contribution in [-0.4, -0.2) is 36.1 Å². The number of fused-ring (bicyclic) bond motifs is 5. The van der Waals surface area contributed by atoms with Crippen LogP contribution in [0.2, 0.25) is 0 Å². The van der Waals surface area contributed by atoms with E-state index in [0.717, 1.165) is 30.5 Å². The first kappa shape index (κ1) is 28.9. The number of rotatable bonds is 2. The highest BCUT2D eigenvalue weighted by Crippen LogP contribution is 2.41. The second-order valence-electron chi connectivity index (χ2n) is 11.7. The van der Waals surface area contributed by atoms with Crippen LogP contribution in [0.25, 0.3) is 27.2 Å². The highest BCUT2D eigenvalue weighted by atomic mass is 19.4. The molecule has 0 radical (unpaired) electrons. The topological polar surface area (TPSA) is 52.2 Å². The lowest BCUT2D eigenvalue weighted by Crippen LogP contribution is -2.47. The van der Waals surface area contributed by atoms with Crippen molar-refractivity contribution < 1.29 is 13.2 Å². The summed E-state index contributed by atoms with van der Waals surface area (Å²) in [5.74, 6) is 0. The minimum atomic E-state index is -4.34. The molecule has 0 unspecified atom stereocenters. The quantitative estimate of drug-likeness (QED) is 0.220. The van der Waals surface area contributed by atoms with E-state index in [9.17, 15) is 18.0 Å². The van der Waals surface area contributed by atoms with Gasteiger partial charge in [-0.15, -0.1) is 0 Å². The van der Waals surface area contributed by atoms with Gasteiger partial charge in [-0.05, 0) is 89.6 Å². The SMILES string of the molecule is FC(F)(F)c1ccccc1N1CCN(c2ccc3c4c(ccc3c2)C2=C(CCC=C2)CC4)CC1.O=c1[nH]cnc2ccccc12. The number of nitrogens with zero attached hydrogens (tertiary/aromatic N) is 3. The number of aromatic nitrogens is 2. The number of hydrogen-bond donors (Lipinski definition) is 1. The van der Waals surface area contributed by atoms with Gasteiger partial charge in [-0.1, -0.05) is 60.2 Å². The van der Waals surface area contributed by atoms with E-state index in [2.05, 4.69) is 57.4 Å². The number of para-hydroxylation sites is 2. The molecular formula is C37H33F3N4O. The molecule has 0 spiro atoms. The fourth-order valence-electron chi connectivity index (χ4n) is 6.84. The van der Waals surface area contributed by atoms with Gasteiger partial charge in [0.05, 0.1) is 22.8 Å². The van der Waals surface area contributed by atoms with Gasteiger partial charge in [0, 0.05) is 37.6 Å². The zero-order valence-corrected chi connectivity index (χ0v) is 24.8. The number of aromatic amines is 1. The standard InChI is InChI=1S/C29H27F3N2.C8H6N2O/c30-29(31,32)27-7-3-4-8-28(27)34-17-15-33(16-18-34)22-11-14-24-21(19-22)10-13-25-23-6-2-1-5-20(23)9-12-26(24)25;11-8-6-3-1-2-4-7(6)9-5-10-8/h2-4,6-8,10-11,13-14,19H,1,5,9,12,15-18H2;1-5H,(H,9,10,11). The predicted molar refractivity (Wildman–Crippen MR) is 176 cm³/mol. The largest absolute Gasteiger partial charge is 0.418 e. The number of allylic oxidation sites excluding steroid dienone is 4. The van der Waals surface area contributed by atoms with E-state index in [1.165, 1.54) is 52.4 Å². The van der Waals surface area contributed by atoms with Crippen molar-refractivity contribution in [2.45, 2.75) is 31.9 Å². The first-order chi connectivity index (χ1) is 21.9. The maximum Gasteiger partial charge on any atom is 0.418 e. The summed E-state index contributed by atoms with van der Waals surface area (Å²) in [5, 5.41) is 3.20. The van der Waals surface area contributed by atoms with Gasteiger partial charge in [-0.3, -0.25) is 4.79 Å². The maximum absolute atomic E-state index is 13.5. The number of piperazine rings is 1. The molecule has 4 aromatic carbocycles. The Bertz CT molecular complexity index is 2000. The number of anilines is 2. The summed E-state index contributed by atoms with van der Waals surface area (Å²) in [5.41, 5.74) is 7.37. The summed E-state index contributed by atoms with van der Waals surface area (Å²) in [6, 6.07) is 24.3. The molecule has 2 aliphatic carbocycles. The van der Waals surface area contributed by atoms with Gasteiger partial charge in [-0.25, -0.2) is 4.98 Å². The first-order valence-electron chi connectivity index (χ1n) is 15.4. The van der Waals surface area contributed by atoms with Crippen molar-refractivity contribution in [2.75, 3.05) is 36.0 Å². The predicted octanol–water partition coefficient (Wildman–Crippen LogP) is 8.16. The molecule has 1 aromatic heterocycles. The van der Waals surface area contributed by atoms with E-state index in [1.54, 1.807) is 23.8 Å². The fourth-order valence-corrected chi connectivity index (χ4v) is 6.84. The zero-order valence-electron chi connectivity index (χ0n) is 24.8. The molecule has 0 atom stereocenters. The Kier molecular flexibility index (Phi) is 7.65. The van der Waals surface area contributed by atoms with Crippen molar-refractivity contribution in [1.82, 2.24) is 9.97 Å². The molecule has 0 amide bonds. The second-order valence-corrected chi connectivity index (χ2v) is 11.7. The molecule has 1 aliphatic heterocycles. The summed E-state index contributed by atoms with van der Waals surface area (Å²) in [6.45, 7) is 2.53. The lowest BCUT2D eigenvalue weighted by molar-refractivity contribution is -0.137. The smallest absolute Gasteiger partial charge is 0.368 e. The number of hydrogen-bond acceptors (Lipinski definition) is 4. The summed E-state index contributed by atoms with van der Waals surface area (Å²) in [6.07, 6.45) is 6.23. The van der Waals surface area contributed by atoms with Crippen molar-refractivity contribution in [2.24, 2.45) is 0 Å². The van der Waals surface area contributed by atoms with Crippen LogP contribution in [0.5, 0.6) is 0 Å². The number of nitrogens with one attached hydrogen (secondary N) is 1. The lowest BCUT2D eigenvalue weighted by atomic mass is 9.79. The number of benzene rings is 4. The van der Waals surface area contributed by atoms with Crippen LogP contribution in [0.3, 0.4) is 0 Å². The lowest BCUT2D eigenvalue weighted by Gasteiger charge is -2.38. The van der Waals surface area contributed by atoms with Gasteiger partial charge >= 0.3 is 6.18 Å². The van der Waals surface area contributed by atoms with Crippen LogP contribution in [0.1, 0.15) is 36.0 Å². The Morgan fingerprint density at radius 1 is 0.778 bits per heavy atom. The number of aryl methyl sites for hydroxylation is 1. The van der Waals surface area contributed by atoms with Crippen molar-refractivity contribution in [3.63, 3.8) is 0 Å². The highest BCUT2D eigenvalue weighted by Gasteiger charge is 2.35. The summed E-state index contributed by atoms with van der Waals surface area (Å²) in [4.78, 5) is 21.7. The Morgan fingerprint density at radius 3 is 2.38 bits per heavy atom. The van der Waals surface area contributed by atoms with Crippen LogP contribution in [0.4, 0.5) is 24.5 Å². The summed E-state index contributed by atoms with van der Waals surface area (Å²) < 4.78 is 40.4. The average molecular weight is 607 g/mol. The molecule has 45 heavy (non-hydrogen) atoms. The van der Waals surface area contributed by atoms with Gasteiger partial charge in [0.2, 0.25) is 0 Å². The molecule has 0 bridgehead atoms. The van der Waals surface area contributed by atoms with Gasteiger partial charge in [0.1, 0.15) is 0 Å². The monoisotopic (exact) mass is 606 g/mol. The van der Waals surface area contributed by atoms with E-state index in [4.69, 9.17) is 0 Å². The van der Waals surface area contributed by atoms with E-state index in [0.29, 0.717) is 31.6 Å². The maximum atomic E-state index is 13.5. The van der Waals surface area contributed by atoms with E-state index in [-0.39, 0.29) is 11.2 Å². The van der Waals surface area contributed by atoms with Gasteiger partial charge in [-0.2, -0.15) is 13.2 Å². The molecule has 8 heteroatoms. The Labute approximate surface area is 259 Å². The molecule has 0 saturated carbocycles. The number of halogens is 3. The Balaban J connectivity index is 0.000000249. The van der Waals surface area contributed by atoms with Gasteiger partial charge in [0.25, 0.3) is 5.56 Å². The van der Waals surface area contributed by atoms with Crippen LogP contribution < -0.4 is 15.4 Å². The summed E-state index contributed by atoms with van der Waals surface area (Å²) in [7, 11) is 0. The van der Waals surface area contributed by atoms with Gasteiger partial charge < -0.3 is 14.8 Å². The third kappa shape index (κ3) is 5.72. The molecule has 3 aliphatic rings. The third-order valence-electron chi connectivity index (χ3n) is 9.10. The van der Waals surface area contributed by atoms with Crippen LogP contribution >= 0.6 is 0 Å². The fraction of sp³-hybridized carbons (Fsp3) is 0.243. The molecular weight excluding hydrogens is 573 g/mol. The zero-order chi connectivity index (χ0) is 31.0. The van der Waals surface area contributed by atoms with Crippen molar-refractivity contribution in [3.05, 3.63) is 130 Å².